The smallest absolute Gasteiger partial charge is 0.287 e. The second-order valence-corrected chi connectivity index (χ2v) is 9.62. The molecule has 176 valence electrons. The van der Waals surface area contributed by atoms with Gasteiger partial charge in [-0.25, -0.2) is 8.42 Å². The average molecular weight is 473 g/mol. The van der Waals surface area contributed by atoms with Crippen molar-refractivity contribution in [2.24, 2.45) is 0 Å². The highest BCUT2D eigenvalue weighted by Crippen LogP contribution is 2.31. The summed E-state index contributed by atoms with van der Waals surface area (Å²) in [5, 5.41) is 2.54. The van der Waals surface area contributed by atoms with Crippen LogP contribution in [0.25, 0.3) is 0 Å². The summed E-state index contributed by atoms with van der Waals surface area (Å²) in [4.78, 5) is 14.7. The summed E-state index contributed by atoms with van der Waals surface area (Å²) in [5.41, 5.74) is 1.86. The van der Waals surface area contributed by atoms with Crippen molar-refractivity contribution >= 4 is 15.7 Å². The minimum atomic E-state index is -3.85. The molecule has 1 heterocycles. The fourth-order valence-electron chi connectivity index (χ4n) is 3.36. The molecule has 0 saturated carbocycles. The predicted octanol–water partition coefficient (Wildman–Crippen LogP) is 3.47. The summed E-state index contributed by atoms with van der Waals surface area (Å²) in [6.45, 7) is 2.14. The molecular weight excluding hydrogens is 444 g/mol. The SMILES string of the molecule is COc1ccc(C(CNC(=O)c2ccc(S(=O)(=O)c3ccc(C)cc3)o2)N(C)C)cc1OC. The molecule has 2 aromatic carbocycles. The number of furan rings is 1. The molecule has 0 bridgehead atoms. The highest BCUT2D eigenvalue weighted by atomic mass is 32.2. The molecule has 0 saturated heterocycles. The highest BCUT2D eigenvalue weighted by molar-refractivity contribution is 7.91. The minimum Gasteiger partial charge on any atom is -0.493 e. The number of carbonyl (C=O) groups is 1. The van der Waals surface area contributed by atoms with E-state index >= 15 is 0 Å². The van der Waals surface area contributed by atoms with Crippen molar-refractivity contribution < 1.29 is 27.1 Å². The lowest BCUT2D eigenvalue weighted by atomic mass is 10.0. The van der Waals surface area contributed by atoms with Gasteiger partial charge in [0.15, 0.2) is 17.3 Å². The van der Waals surface area contributed by atoms with Crippen LogP contribution in [-0.4, -0.2) is 54.1 Å². The minimum absolute atomic E-state index is 0.0782. The molecular formula is C24H28N2O6S. The van der Waals surface area contributed by atoms with Gasteiger partial charge in [-0.05, 0) is 63.0 Å². The number of methoxy groups -OCH3 is 2. The molecule has 3 aromatic rings. The van der Waals surface area contributed by atoms with Crippen molar-refractivity contribution in [2.75, 3.05) is 34.9 Å². The van der Waals surface area contributed by atoms with E-state index < -0.39 is 15.7 Å². The fraction of sp³-hybridized carbons (Fsp3) is 0.292. The van der Waals surface area contributed by atoms with Gasteiger partial charge in [0.25, 0.3) is 5.91 Å². The Morgan fingerprint density at radius 1 is 1.00 bits per heavy atom. The van der Waals surface area contributed by atoms with Crippen LogP contribution in [0.3, 0.4) is 0 Å². The van der Waals surface area contributed by atoms with Crippen molar-refractivity contribution in [3.63, 3.8) is 0 Å². The maximum absolute atomic E-state index is 12.8. The van der Waals surface area contributed by atoms with Crippen LogP contribution in [0.5, 0.6) is 11.5 Å². The van der Waals surface area contributed by atoms with Crippen LogP contribution in [0.1, 0.15) is 27.7 Å². The topological polar surface area (TPSA) is 98.1 Å². The molecule has 0 aliphatic rings. The quantitative estimate of drug-likeness (QED) is 0.509. The van der Waals surface area contributed by atoms with Gasteiger partial charge in [-0.2, -0.15) is 0 Å². The number of likely N-dealkylation sites (N-methyl/N-ethyl adjacent to an activating group) is 1. The summed E-state index contributed by atoms with van der Waals surface area (Å²) in [5.74, 6) is 0.615. The van der Waals surface area contributed by atoms with E-state index in [9.17, 15) is 13.2 Å². The Hall–Kier alpha value is -3.30. The first-order valence-electron chi connectivity index (χ1n) is 10.3. The van der Waals surface area contributed by atoms with Gasteiger partial charge in [0, 0.05) is 6.54 Å². The molecule has 33 heavy (non-hydrogen) atoms. The van der Waals surface area contributed by atoms with Crippen molar-refractivity contribution in [2.45, 2.75) is 23.0 Å². The molecule has 1 amide bonds. The first-order valence-corrected chi connectivity index (χ1v) is 11.7. The first kappa shape index (κ1) is 24.3. The van der Waals surface area contributed by atoms with E-state index in [1.807, 2.05) is 38.1 Å². The van der Waals surface area contributed by atoms with Crippen LogP contribution in [0.4, 0.5) is 0 Å². The van der Waals surface area contributed by atoms with Gasteiger partial charge in [-0.1, -0.05) is 23.8 Å². The number of aryl methyl sites for hydroxylation is 1. The third kappa shape index (κ3) is 5.37. The zero-order valence-electron chi connectivity index (χ0n) is 19.3. The van der Waals surface area contributed by atoms with Crippen molar-refractivity contribution in [3.05, 3.63) is 71.5 Å². The molecule has 0 spiro atoms. The molecule has 3 rings (SSSR count). The fourth-order valence-corrected chi connectivity index (χ4v) is 4.53. The van der Waals surface area contributed by atoms with E-state index in [0.29, 0.717) is 11.5 Å². The Morgan fingerprint density at radius 2 is 1.67 bits per heavy atom. The van der Waals surface area contributed by atoms with Gasteiger partial charge >= 0.3 is 0 Å². The van der Waals surface area contributed by atoms with E-state index in [2.05, 4.69) is 5.32 Å². The summed E-state index contributed by atoms with van der Waals surface area (Å²) in [6.07, 6.45) is 0. The Labute approximate surface area is 194 Å². The predicted molar refractivity (Wildman–Crippen MR) is 124 cm³/mol. The zero-order valence-corrected chi connectivity index (χ0v) is 20.1. The largest absolute Gasteiger partial charge is 0.493 e. The van der Waals surface area contributed by atoms with Crippen molar-refractivity contribution in [1.29, 1.82) is 0 Å². The molecule has 0 aliphatic heterocycles. The van der Waals surface area contributed by atoms with Gasteiger partial charge in [0.05, 0.1) is 25.2 Å². The second kappa shape index (κ2) is 10.1. The summed E-state index contributed by atoms with van der Waals surface area (Å²) >= 11 is 0. The van der Waals surface area contributed by atoms with Gasteiger partial charge in [-0.15, -0.1) is 0 Å². The van der Waals surface area contributed by atoms with Crippen LogP contribution in [0.2, 0.25) is 0 Å². The number of ether oxygens (including phenoxy) is 2. The lowest BCUT2D eigenvalue weighted by molar-refractivity contribution is 0.0908. The van der Waals surface area contributed by atoms with E-state index in [4.69, 9.17) is 13.9 Å². The maximum atomic E-state index is 12.8. The highest BCUT2D eigenvalue weighted by Gasteiger charge is 2.24. The standard InChI is InChI=1S/C24H28N2O6S/c1-16-6-9-18(10-7-16)33(28,29)23-13-12-21(32-23)24(27)25-15-19(26(2)3)17-8-11-20(30-4)22(14-17)31-5/h6-14,19H,15H2,1-5H3,(H,25,27). The van der Waals surface area contributed by atoms with E-state index in [1.165, 1.54) is 24.3 Å². The third-order valence-corrected chi connectivity index (χ3v) is 6.91. The number of benzene rings is 2. The molecule has 8 nitrogen and oxygen atoms in total. The van der Waals surface area contributed by atoms with Crippen LogP contribution < -0.4 is 14.8 Å². The Kier molecular flexibility index (Phi) is 7.45. The summed E-state index contributed by atoms with van der Waals surface area (Å²) < 4.78 is 41.6. The summed E-state index contributed by atoms with van der Waals surface area (Å²) in [6, 6.07) is 14.5. The first-order chi connectivity index (χ1) is 15.7. The van der Waals surface area contributed by atoms with Gasteiger partial charge in [-0.3, -0.25) is 4.79 Å². The normalized spacial score (nSPS) is 12.4. The van der Waals surface area contributed by atoms with Gasteiger partial charge in [0.1, 0.15) is 0 Å². The zero-order chi connectivity index (χ0) is 24.2. The molecule has 0 aliphatic carbocycles. The molecule has 0 radical (unpaired) electrons. The number of sulfone groups is 1. The molecule has 1 atom stereocenters. The molecule has 1 unspecified atom stereocenters. The van der Waals surface area contributed by atoms with Crippen molar-refractivity contribution in [3.8, 4) is 11.5 Å². The van der Waals surface area contributed by atoms with Gasteiger partial charge < -0.3 is 24.1 Å². The lowest BCUT2D eigenvalue weighted by Gasteiger charge is -2.25. The van der Waals surface area contributed by atoms with Gasteiger partial charge in [0.2, 0.25) is 14.9 Å². The van der Waals surface area contributed by atoms with Crippen LogP contribution in [0, 0.1) is 6.92 Å². The van der Waals surface area contributed by atoms with Crippen LogP contribution in [-0.2, 0) is 9.84 Å². The number of hydrogen-bond acceptors (Lipinski definition) is 7. The Morgan fingerprint density at radius 3 is 2.27 bits per heavy atom. The molecule has 0 fully saturated rings. The number of hydrogen-bond donors (Lipinski definition) is 1. The number of rotatable bonds is 9. The maximum Gasteiger partial charge on any atom is 0.287 e. The molecule has 1 aromatic heterocycles. The molecule has 9 heteroatoms. The number of nitrogens with one attached hydrogen (secondary N) is 1. The third-order valence-electron chi connectivity index (χ3n) is 5.27. The van der Waals surface area contributed by atoms with E-state index in [-0.39, 0.29) is 28.3 Å². The molecule has 1 N–H and O–H groups in total. The van der Waals surface area contributed by atoms with E-state index in [1.54, 1.807) is 32.4 Å². The number of carbonyl (C=O) groups excluding carboxylic acids is 1. The number of nitrogens with zero attached hydrogens (tertiary/aromatic N) is 1. The van der Waals surface area contributed by atoms with Crippen LogP contribution >= 0.6 is 0 Å². The Balaban J connectivity index is 1.75. The van der Waals surface area contributed by atoms with E-state index in [0.717, 1.165) is 11.1 Å². The van der Waals surface area contributed by atoms with Crippen LogP contribution in [0.15, 0.2) is 69.0 Å². The number of amides is 1. The van der Waals surface area contributed by atoms with Crippen molar-refractivity contribution in [1.82, 2.24) is 10.2 Å². The lowest BCUT2D eigenvalue weighted by Crippen LogP contribution is -2.34. The second-order valence-electron chi connectivity index (χ2n) is 7.74. The summed E-state index contributed by atoms with van der Waals surface area (Å²) in [7, 11) is 3.07. The monoisotopic (exact) mass is 472 g/mol. The average Bonchev–Trinajstić information content (AvgIpc) is 3.30. The Bertz CT molecular complexity index is 1220.